The van der Waals surface area contributed by atoms with E-state index in [9.17, 15) is 0 Å². The molecule has 0 aromatic heterocycles. The van der Waals surface area contributed by atoms with E-state index in [0.29, 0.717) is 0 Å². The molecule has 0 fully saturated rings. The van der Waals surface area contributed by atoms with Gasteiger partial charge >= 0.3 is 0 Å². The van der Waals surface area contributed by atoms with E-state index in [1.54, 1.807) is 0 Å². The third-order valence-corrected chi connectivity index (χ3v) is 8.22. The number of benzene rings is 4. The SMILES string of the molecule is CN1CCOCCN(C)Cc2ccc3ccc(cc3c2)CN(C)CCOCCN(C)Cc2ccc3ccc(cc3c2)C1. The van der Waals surface area contributed by atoms with Gasteiger partial charge in [0, 0.05) is 52.4 Å². The van der Waals surface area contributed by atoms with Crippen LogP contribution in [0.3, 0.4) is 0 Å². The third-order valence-electron chi connectivity index (χ3n) is 8.22. The van der Waals surface area contributed by atoms with Gasteiger partial charge in [-0.05, 0) is 96.3 Å². The van der Waals surface area contributed by atoms with Crippen LogP contribution in [0.2, 0.25) is 0 Å². The molecule has 224 valence electrons. The summed E-state index contributed by atoms with van der Waals surface area (Å²) >= 11 is 0. The van der Waals surface area contributed by atoms with Crippen molar-refractivity contribution in [1.29, 1.82) is 0 Å². The van der Waals surface area contributed by atoms with Gasteiger partial charge in [-0.15, -0.1) is 0 Å². The van der Waals surface area contributed by atoms with Gasteiger partial charge in [0.25, 0.3) is 0 Å². The van der Waals surface area contributed by atoms with Gasteiger partial charge in [-0.1, -0.05) is 48.5 Å². The fraction of sp³-hybridized carbons (Fsp3) is 0.444. The van der Waals surface area contributed by atoms with Crippen LogP contribution < -0.4 is 0 Å². The lowest BCUT2D eigenvalue weighted by molar-refractivity contribution is 0.0914. The molecule has 0 radical (unpaired) electrons. The molecule has 0 amide bonds. The van der Waals surface area contributed by atoms with Crippen molar-refractivity contribution in [2.45, 2.75) is 26.2 Å². The maximum absolute atomic E-state index is 6.03. The molecule has 1 aliphatic heterocycles. The van der Waals surface area contributed by atoms with Gasteiger partial charge in [-0.25, -0.2) is 0 Å². The summed E-state index contributed by atoms with van der Waals surface area (Å²) in [4.78, 5) is 9.38. The zero-order valence-corrected chi connectivity index (χ0v) is 26.0. The largest absolute Gasteiger partial charge is 0.379 e. The zero-order chi connectivity index (χ0) is 29.3. The first-order valence-electron chi connectivity index (χ1n) is 15.3. The topological polar surface area (TPSA) is 31.4 Å². The summed E-state index contributed by atoms with van der Waals surface area (Å²) in [5.41, 5.74) is 5.35. The molecular formula is C36H48N4O2. The van der Waals surface area contributed by atoms with Crippen molar-refractivity contribution >= 4 is 21.5 Å². The summed E-state index contributed by atoms with van der Waals surface area (Å²) in [5, 5.41) is 5.20. The molecule has 0 N–H and O–H groups in total. The molecule has 42 heavy (non-hydrogen) atoms. The fourth-order valence-electron chi connectivity index (χ4n) is 5.73. The van der Waals surface area contributed by atoms with Crippen molar-refractivity contribution in [3.05, 3.63) is 95.1 Å². The molecule has 0 spiro atoms. The molecular weight excluding hydrogens is 520 g/mol. The first kappa shape index (κ1) is 30.6. The Bertz CT molecular complexity index is 1230. The van der Waals surface area contributed by atoms with E-state index in [4.69, 9.17) is 9.47 Å². The van der Waals surface area contributed by atoms with Crippen molar-refractivity contribution < 1.29 is 9.47 Å². The van der Waals surface area contributed by atoms with Crippen molar-refractivity contribution in [3.63, 3.8) is 0 Å². The average molecular weight is 569 g/mol. The van der Waals surface area contributed by atoms with Crippen LogP contribution in [0.25, 0.3) is 21.5 Å². The molecule has 0 atom stereocenters. The maximum Gasteiger partial charge on any atom is 0.0594 e. The molecule has 4 aromatic rings. The van der Waals surface area contributed by atoms with Crippen LogP contribution in [0.15, 0.2) is 72.8 Å². The number of nitrogens with zero attached hydrogens (tertiary/aromatic N) is 4. The highest BCUT2D eigenvalue weighted by molar-refractivity contribution is 5.84. The Labute approximate surface area is 252 Å². The van der Waals surface area contributed by atoms with Gasteiger partial charge in [0.2, 0.25) is 0 Å². The lowest BCUT2D eigenvalue weighted by Gasteiger charge is -2.20. The van der Waals surface area contributed by atoms with Crippen LogP contribution >= 0.6 is 0 Å². The van der Waals surface area contributed by atoms with E-state index in [2.05, 4.69) is 121 Å². The Hall–Kier alpha value is -2.84. The molecule has 1 heterocycles. The monoisotopic (exact) mass is 568 g/mol. The summed E-state index contributed by atoms with van der Waals surface area (Å²) in [6.07, 6.45) is 0. The smallest absolute Gasteiger partial charge is 0.0594 e. The Balaban J connectivity index is 1.24. The zero-order valence-electron chi connectivity index (χ0n) is 26.0. The normalized spacial score (nSPS) is 19.1. The maximum atomic E-state index is 6.03. The van der Waals surface area contributed by atoms with Crippen molar-refractivity contribution in [1.82, 2.24) is 19.6 Å². The second-order valence-corrected chi connectivity index (χ2v) is 12.2. The highest BCUT2D eigenvalue weighted by Gasteiger charge is 2.08. The van der Waals surface area contributed by atoms with E-state index in [1.807, 2.05) is 0 Å². The number of hydrogen-bond acceptors (Lipinski definition) is 6. The summed E-state index contributed by atoms with van der Waals surface area (Å²) < 4.78 is 12.1. The number of likely N-dealkylation sites (N-methyl/N-ethyl adjacent to an activating group) is 4. The Morgan fingerprint density at radius 2 is 0.643 bits per heavy atom. The second kappa shape index (κ2) is 15.1. The van der Waals surface area contributed by atoms with E-state index in [1.165, 1.54) is 43.8 Å². The quantitative estimate of drug-likeness (QED) is 0.280. The number of rotatable bonds is 0. The van der Waals surface area contributed by atoms with Gasteiger partial charge in [0.05, 0.1) is 26.4 Å². The first-order chi connectivity index (χ1) is 20.4. The van der Waals surface area contributed by atoms with Crippen LogP contribution in [0.5, 0.6) is 0 Å². The minimum absolute atomic E-state index is 0.741. The van der Waals surface area contributed by atoms with E-state index in [0.717, 1.165) is 78.8 Å². The van der Waals surface area contributed by atoms with Gasteiger partial charge < -0.3 is 9.47 Å². The number of fused-ring (bicyclic) bond motifs is 4. The molecule has 1 aliphatic rings. The molecule has 6 heteroatoms. The lowest BCUT2D eigenvalue weighted by atomic mass is 10.0. The van der Waals surface area contributed by atoms with E-state index in [-0.39, 0.29) is 0 Å². The minimum atomic E-state index is 0.741. The van der Waals surface area contributed by atoms with Crippen LogP contribution in [-0.4, -0.2) is 100 Å². The van der Waals surface area contributed by atoms with Gasteiger partial charge in [0.15, 0.2) is 0 Å². The van der Waals surface area contributed by atoms with Crippen LogP contribution in [0, 0.1) is 0 Å². The summed E-state index contributed by atoms with van der Waals surface area (Å²) in [6, 6.07) is 27.4. The number of ether oxygens (including phenoxy) is 2. The Morgan fingerprint density at radius 1 is 0.381 bits per heavy atom. The highest BCUT2D eigenvalue weighted by atomic mass is 16.5. The highest BCUT2D eigenvalue weighted by Crippen LogP contribution is 2.21. The van der Waals surface area contributed by atoms with E-state index < -0.39 is 0 Å². The van der Waals surface area contributed by atoms with Crippen LogP contribution in [-0.2, 0) is 35.7 Å². The molecule has 6 bridgehead atoms. The van der Waals surface area contributed by atoms with Crippen molar-refractivity contribution in [2.24, 2.45) is 0 Å². The Morgan fingerprint density at radius 3 is 0.905 bits per heavy atom. The molecule has 0 unspecified atom stereocenters. The summed E-state index contributed by atoms with van der Waals surface area (Å²) in [7, 11) is 8.70. The van der Waals surface area contributed by atoms with Gasteiger partial charge in [-0.3, -0.25) is 19.6 Å². The standard InChI is InChI=1S/C36H48N4O2/c1-37-13-17-41-18-14-38(2)27-31-7-11-34-12-8-32(24-36(34)23-31)28-40(4)16-20-42-19-15-39(3)26-30-6-10-33-9-5-29(25-37)21-35(33)22-30/h5-12,21-24H,13-20,25-28H2,1-4H3. The van der Waals surface area contributed by atoms with Gasteiger partial charge in [0.1, 0.15) is 0 Å². The van der Waals surface area contributed by atoms with Crippen molar-refractivity contribution in [3.8, 4) is 0 Å². The summed E-state index contributed by atoms with van der Waals surface area (Å²) in [5.74, 6) is 0. The first-order valence-corrected chi connectivity index (χ1v) is 15.3. The van der Waals surface area contributed by atoms with Crippen LogP contribution in [0.4, 0.5) is 0 Å². The molecule has 0 saturated carbocycles. The lowest BCUT2D eigenvalue weighted by Crippen LogP contribution is -2.26. The predicted molar refractivity (Wildman–Crippen MR) is 175 cm³/mol. The second-order valence-electron chi connectivity index (χ2n) is 12.2. The predicted octanol–water partition coefficient (Wildman–Crippen LogP) is 5.47. The fourth-order valence-corrected chi connectivity index (χ4v) is 5.73. The number of hydrogen-bond donors (Lipinski definition) is 0. The average Bonchev–Trinajstić information content (AvgIpc) is 2.96. The Kier molecular flexibility index (Phi) is 11.0. The minimum Gasteiger partial charge on any atom is -0.379 e. The molecule has 6 nitrogen and oxygen atoms in total. The van der Waals surface area contributed by atoms with E-state index >= 15 is 0 Å². The van der Waals surface area contributed by atoms with Crippen molar-refractivity contribution in [2.75, 3.05) is 80.8 Å². The molecule has 4 aromatic carbocycles. The van der Waals surface area contributed by atoms with Crippen LogP contribution in [0.1, 0.15) is 22.3 Å². The molecule has 5 rings (SSSR count). The summed E-state index contributed by atoms with van der Waals surface area (Å²) in [6.45, 7) is 10.3. The molecule has 0 aliphatic carbocycles. The molecule has 0 saturated heterocycles. The third kappa shape index (κ3) is 9.08. The van der Waals surface area contributed by atoms with Gasteiger partial charge in [-0.2, -0.15) is 0 Å².